The lowest BCUT2D eigenvalue weighted by Gasteiger charge is -2.14. The van der Waals surface area contributed by atoms with Crippen molar-refractivity contribution >= 4 is 29.0 Å². The molecule has 1 unspecified atom stereocenters. The standard InChI is InChI=1S/C28H30F5N9O2/c1-2-16-10-17(5-6-19(16)27(44)38-13-23(43)36-11-18-4-3-7-34-18)39-25-26-37-12-21(42(26)9-8-35-25)20-14-41(15-22(29)30)40-24(20)28(31,32)33/h5-6,8-10,12,14,18,22,34H,2-4,7,11,13,15H2,1H3,(H,35,39)(H,36,43)(H,38,44). The number of hydrogen-bond acceptors (Lipinski definition) is 7. The highest BCUT2D eigenvalue weighted by molar-refractivity contribution is 5.98. The Labute approximate surface area is 248 Å². The SMILES string of the molecule is CCc1cc(Nc2nccn3c(-c4cn(CC(F)F)nc4C(F)(F)F)cnc23)ccc1C(=O)NCC(=O)NCC1CCCN1. The topological polar surface area (TPSA) is 130 Å². The second kappa shape index (κ2) is 13.0. The molecule has 1 aromatic carbocycles. The lowest BCUT2D eigenvalue weighted by molar-refractivity contribution is -0.141. The van der Waals surface area contributed by atoms with Crippen LogP contribution in [0.1, 0.15) is 41.4 Å². The van der Waals surface area contributed by atoms with Gasteiger partial charge in [0.05, 0.1) is 24.0 Å². The zero-order chi connectivity index (χ0) is 31.4. The van der Waals surface area contributed by atoms with Crippen molar-refractivity contribution < 1.29 is 31.5 Å². The molecule has 234 valence electrons. The van der Waals surface area contributed by atoms with E-state index in [0.717, 1.165) is 25.6 Å². The second-order valence-corrected chi connectivity index (χ2v) is 10.2. The number of aromatic nitrogens is 5. The molecule has 2 amide bonds. The Bertz CT molecular complexity index is 1640. The average Bonchev–Trinajstić information content (AvgIpc) is 3.74. The van der Waals surface area contributed by atoms with Crippen LogP contribution in [0.2, 0.25) is 0 Å². The third-order valence-electron chi connectivity index (χ3n) is 7.17. The van der Waals surface area contributed by atoms with Crippen LogP contribution in [0.4, 0.5) is 33.5 Å². The Morgan fingerprint density at radius 1 is 1.18 bits per heavy atom. The van der Waals surface area contributed by atoms with E-state index in [-0.39, 0.29) is 35.7 Å². The number of carbonyl (C=O) groups is 2. The minimum atomic E-state index is -4.89. The number of aryl methyl sites for hydroxylation is 1. The van der Waals surface area contributed by atoms with Crippen LogP contribution in [0.15, 0.2) is 43.0 Å². The normalized spacial score (nSPS) is 15.2. The summed E-state index contributed by atoms with van der Waals surface area (Å²) in [6.07, 6.45) is -0.364. The number of amides is 2. The summed E-state index contributed by atoms with van der Waals surface area (Å²) < 4.78 is 68.8. The first-order valence-corrected chi connectivity index (χ1v) is 14.0. The van der Waals surface area contributed by atoms with Crippen LogP contribution in [-0.2, 0) is 23.9 Å². The number of nitrogens with zero attached hydrogens (tertiary/aromatic N) is 5. The third-order valence-corrected chi connectivity index (χ3v) is 7.17. The van der Waals surface area contributed by atoms with Crippen molar-refractivity contribution in [3.8, 4) is 11.3 Å². The molecule has 11 nitrogen and oxygen atoms in total. The summed E-state index contributed by atoms with van der Waals surface area (Å²) in [6, 6.07) is 5.20. The lowest BCUT2D eigenvalue weighted by Crippen LogP contribution is -2.42. The zero-order valence-corrected chi connectivity index (χ0v) is 23.6. The van der Waals surface area contributed by atoms with Crippen LogP contribution in [0, 0.1) is 0 Å². The molecule has 1 saturated heterocycles. The summed E-state index contributed by atoms with van der Waals surface area (Å²) in [5.41, 5.74) is 0.0508. The summed E-state index contributed by atoms with van der Waals surface area (Å²) >= 11 is 0. The van der Waals surface area contributed by atoms with Gasteiger partial charge in [0.2, 0.25) is 5.91 Å². The fraction of sp³-hybridized carbons (Fsp3) is 0.393. The van der Waals surface area contributed by atoms with Crippen LogP contribution in [0.25, 0.3) is 16.9 Å². The predicted octanol–water partition coefficient (Wildman–Crippen LogP) is 3.78. The van der Waals surface area contributed by atoms with Gasteiger partial charge in [-0.1, -0.05) is 6.92 Å². The van der Waals surface area contributed by atoms with Crippen molar-refractivity contribution in [2.75, 3.05) is 25.0 Å². The minimum Gasteiger partial charge on any atom is -0.353 e. The number of nitrogens with one attached hydrogen (secondary N) is 4. The fourth-order valence-corrected chi connectivity index (χ4v) is 5.07. The first-order valence-electron chi connectivity index (χ1n) is 14.0. The first kappa shape index (κ1) is 30.8. The molecule has 44 heavy (non-hydrogen) atoms. The van der Waals surface area contributed by atoms with E-state index in [4.69, 9.17) is 0 Å². The summed E-state index contributed by atoms with van der Waals surface area (Å²) in [5, 5.41) is 15.2. The van der Waals surface area contributed by atoms with Crippen LogP contribution in [0.5, 0.6) is 0 Å². The second-order valence-electron chi connectivity index (χ2n) is 10.2. The maximum Gasteiger partial charge on any atom is 0.435 e. The van der Waals surface area contributed by atoms with Crippen LogP contribution >= 0.6 is 0 Å². The monoisotopic (exact) mass is 619 g/mol. The third kappa shape index (κ3) is 6.96. The molecule has 0 bridgehead atoms. The molecule has 16 heteroatoms. The van der Waals surface area contributed by atoms with Crippen molar-refractivity contribution in [1.82, 2.24) is 40.1 Å². The molecule has 0 saturated carbocycles. The Hall–Kier alpha value is -4.60. The number of carbonyl (C=O) groups excluding carboxylic acids is 2. The summed E-state index contributed by atoms with van der Waals surface area (Å²) in [4.78, 5) is 33.5. The number of fused-ring (bicyclic) bond motifs is 1. The Balaban J connectivity index is 1.32. The number of halogens is 5. The van der Waals surface area contributed by atoms with Crippen LogP contribution < -0.4 is 21.3 Å². The van der Waals surface area contributed by atoms with Gasteiger partial charge in [0.15, 0.2) is 17.2 Å². The van der Waals surface area contributed by atoms with Gasteiger partial charge in [0, 0.05) is 42.4 Å². The van der Waals surface area contributed by atoms with Crippen LogP contribution in [-0.4, -0.2) is 68.1 Å². The van der Waals surface area contributed by atoms with E-state index in [1.807, 2.05) is 6.92 Å². The molecule has 1 atom stereocenters. The Morgan fingerprint density at radius 3 is 2.70 bits per heavy atom. The van der Waals surface area contributed by atoms with Crippen molar-refractivity contribution in [1.29, 1.82) is 0 Å². The molecule has 0 spiro atoms. The molecule has 1 fully saturated rings. The summed E-state index contributed by atoms with van der Waals surface area (Å²) in [6.45, 7) is 2.13. The summed E-state index contributed by atoms with van der Waals surface area (Å²) in [7, 11) is 0. The van der Waals surface area contributed by atoms with Gasteiger partial charge in [-0.05, 0) is 49.6 Å². The largest absolute Gasteiger partial charge is 0.435 e. The number of anilines is 2. The van der Waals surface area contributed by atoms with E-state index in [1.54, 1.807) is 18.2 Å². The molecule has 1 aliphatic rings. The van der Waals surface area contributed by atoms with Crippen molar-refractivity contribution in [3.05, 3.63) is 59.8 Å². The number of hydrogen-bond donors (Lipinski definition) is 4. The van der Waals surface area contributed by atoms with Crippen LogP contribution in [0.3, 0.4) is 0 Å². The van der Waals surface area contributed by atoms with E-state index in [0.29, 0.717) is 34.5 Å². The van der Waals surface area contributed by atoms with Gasteiger partial charge < -0.3 is 21.3 Å². The maximum atomic E-state index is 13.7. The molecule has 0 aliphatic carbocycles. The van der Waals surface area contributed by atoms with E-state index in [1.165, 1.54) is 23.0 Å². The highest BCUT2D eigenvalue weighted by Gasteiger charge is 2.38. The quantitative estimate of drug-likeness (QED) is 0.188. The van der Waals surface area contributed by atoms with Gasteiger partial charge in [-0.25, -0.2) is 18.7 Å². The molecular formula is C28H30F5N9O2. The van der Waals surface area contributed by atoms with E-state index in [2.05, 4.69) is 36.3 Å². The molecule has 5 rings (SSSR count). The molecule has 4 heterocycles. The average molecular weight is 620 g/mol. The molecule has 4 N–H and O–H groups in total. The first-order chi connectivity index (χ1) is 21.0. The van der Waals surface area contributed by atoms with Crippen molar-refractivity contribution in [3.63, 3.8) is 0 Å². The highest BCUT2D eigenvalue weighted by Crippen LogP contribution is 2.37. The van der Waals surface area contributed by atoms with Gasteiger partial charge in [-0.2, -0.15) is 18.3 Å². The molecule has 3 aromatic heterocycles. The van der Waals surface area contributed by atoms with Gasteiger partial charge in [-0.3, -0.25) is 18.7 Å². The molecule has 0 radical (unpaired) electrons. The fourth-order valence-electron chi connectivity index (χ4n) is 5.07. The Morgan fingerprint density at radius 2 is 2.00 bits per heavy atom. The molecule has 4 aromatic rings. The number of alkyl halides is 5. The zero-order valence-electron chi connectivity index (χ0n) is 23.6. The highest BCUT2D eigenvalue weighted by atomic mass is 19.4. The molecular weight excluding hydrogens is 589 g/mol. The number of imidazole rings is 1. The van der Waals surface area contributed by atoms with Gasteiger partial charge in [0.25, 0.3) is 12.3 Å². The summed E-state index contributed by atoms with van der Waals surface area (Å²) in [5.74, 6) is -0.487. The maximum absolute atomic E-state index is 13.7. The van der Waals surface area contributed by atoms with Crippen molar-refractivity contribution in [2.24, 2.45) is 0 Å². The Kier molecular flexibility index (Phi) is 9.08. The molecule has 1 aliphatic heterocycles. The van der Waals surface area contributed by atoms with E-state index >= 15 is 0 Å². The minimum absolute atomic E-state index is 0.0110. The predicted molar refractivity (Wildman–Crippen MR) is 151 cm³/mol. The number of rotatable bonds is 11. The van der Waals surface area contributed by atoms with Crippen molar-refractivity contribution in [2.45, 2.75) is 51.4 Å². The van der Waals surface area contributed by atoms with Gasteiger partial charge in [-0.15, -0.1) is 0 Å². The number of benzene rings is 1. The van der Waals surface area contributed by atoms with E-state index < -0.39 is 36.3 Å². The van der Waals surface area contributed by atoms with Gasteiger partial charge >= 0.3 is 6.18 Å². The van der Waals surface area contributed by atoms with Gasteiger partial charge in [0.1, 0.15) is 6.54 Å². The van der Waals surface area contributed by atoms with E-state index in [9.17, 15) is 31.5 Å². The lowest BCUT2D eigenvalue weighted by atomic mass is 10.0. The smallest absolute Gasteiger partial charge is 0.353 e.